The van der Waals surface area contributed by atoms with Crippen molar-refractivity contribution >= 4 is 27.3 Å². The molecule has 1 amide bonds. The highest BCUT2D eigenvalue weighted by atomic mass is 32.2. The van der Waals surface area contributed by atoms with Crippen molar-refractivity contribution in [3.63, 3.8) is 0 Å². The summed E-state index contributed by atoms with van der Waals surface area (Å²) in [5.41, 5.74) is -0.414. The van der Waals surface area contributed by atoms with Crippen LogP contribution in [-0.4, -0.2) is 56.8 Å². The van der Waals surface area contributed by atoms with Gasteiger partial charge in [-0.1, -0.05) is 0 Å². The Morgan fingerprint density at radius 1 is 1.48 bits per heavy atom. The molecule has 1 spiro atoms. The molecule has 1 aromatic rings. The minimum atomic E-state index is -3.22. The molecule has 2 aliphatic heterocycles. The largest absolute Gasteiger partial charge is 0.373 e. The zero-order valence-electron chi connectivity index (χ0n) is 13.4. The number of ether oxygens (including phenoxy) is 1. The standard InChI is InChI=1S/C15H22N2O4S2/c1-11-3-4-13(22-11)14(18)17-7-6-15(10-17)9-12(5-8-21-15)16-23(2,19)20/h3-4,12,16H,5-10H2,1-2H3/t12-,15+/m0/s1. The number of hydrogen-bond donors (Lipinski definition) is 1. The van der Waals surface area contributed by atoms with Crippen molar-refractivity contribution in [2.24, 2.45) is 0 Å². The normalized spacial score (nSPS) is 28.4. The Kier molecular flexibility index (Phi) is 4.52. The summed E-state index contributed by atoms with van der Waals surface area (Å²) in [5.74, 6) is 0.0433. The van der Waals surface area contributed by atoms with Crippen LogP contribution in [-0.2, 0) is 14.8 Å². The van der Waals surface area contributed by atoms with Crippen molar-refractivity contribution in [1.82, 2.24) is 9.62 Å². The molecule has 128 valence electrons. The van der Waals surface area contributed by atoms with Crippen molar-refractivity contribution in [1.29, 1.82) is 0 Å². The molecule has 23 heavy (non-hydrogen) atoms. The molecule has 0 bridgehead atoms. The van der Waals surface area contributed by atoms with Gasteiger partial charge in [0.25, 0.3) is 5.91 Å². The predicted octanol–water partition coefficient (Wildman–Crippen LogP) is 1.37. The van der Waals surface area contributed by atoms with Crippen LogP contribution in [0, 0.1) is 6.92 Å². The first-order valence-corrected chi connectivity index (χ1v) is 10.4. The molecular formula is C15H22N2O4S2. The van der Waals surface area contributed by atoms with Gasteiger partial charge in [-0.3, -0.25) is 4.79 Å². The fourth-order valence-corrected chi connectivity index (χ4v) is 5.08. The van der Waals surface area contributed by atoms with Crippen molar-refractivity contribution < 1.29 is 17.9 Å². The van der Waals surface area contributed by atoms with Gasteiger partial charge in [-0.15, -0.1) is 11.3 Å². The average Bonchev–Trinajstić information content (AvgIpc) is 3.04. The maximum absolute atomic E-state index is 12.6. The third-order valence-electron chi connectivity index (χ3n) is 4.43. The van der Waals surface area contributed by atoms with E-state index in [4.69, 9.17) is 4.74 Å². The summed E-state index contributed by atoms with van der Waals surface area (Å²) < 4.78 is 31.5. The van der Waals surface area contributed by atoms with Gasteiger partial charge in [-0.05, 0) is 38.3 Å². The summed E-state index contributed by atoms with van der Waals surface area (Å²) in [6.07, 6.45) is 3.23. The van der Waals surface area contributed by atoms with E-state index in [1.165, 1.54) is 17.6 Å². The maximum atomic E-state index is 12.6. The number of rotatable bonds is 3. The van der Waals surface area contributed by atoms with E-state index < -0.39 is 15.6 Å². The van der Waals surface area contributed by atoms with Crippen molar-refractivity contribution in [2.75, 3.05) is 26.0 Å². The van der Waals surface area contributed by atoms with Crippen molar-refractivity contribution in [2.45, 2.75) is 37.8 Å². The lowest BCUT2D eigenvalue weighted by molar-refractivity contribution is -0.0763. The highest BCUT2D eigenvalue weighted by Gasteiger charge is 2.45. The lowest BCUT2D eigenvalue weighted by Crippen LogP contribution is -2.50. The van der Waals surface area contributed by atoms with Crippen molar-refractivity contribution in [3.05, 3.63) is 21.9 Å². The first-order chi connectivity index (χ1) is 10.8. The molecule has 1 aromatic heterocycles. The van der Waals surface area contributed by atoms with Gasteiger partial charge in [0.15, 0.2) is 0 Å². The average molecular weight is 358 g/mol. The number of thiophene rings is 1. The molecule has 0 aromatic carbocycles. The molecule has 0 unspecified atom stereocenters. The molecule has 3 rings (SSSR count). The molecule has 1 N–H and O–H groups in total. The van der Waals surface area contributed by atoms with Crippen LogP contribution in [0.1, 0.15) is 33.8 Å². The molecule has 3 heterocycles. The van der Waals surface area contributed by atoms with E-state index >= 15 is 0 Å². The van der Waals surface area contributed by atoms with Gasteiger partial charge >= 0.3 is 0 Å². The zero-order chi connectivity index (χ0) is 16.7. The number of nitrogens with one attached hydrogen (secondary N) is 1. The van der Waals surface area contributed by atoms with Gasteiger partial charge in [0.05, 0.1) is 23.3 Å². The number of carbonyl (C=O) groups is 1. The second-order valence-corrected chi connectivity index (χ2v) is 9.57. The van der Waals surface area contributed by atoms with Crippen molar-refractivity contribution in [3.8, 4) is 0 Å². The van der Waals surface area contributed by atoms with E-state index in [9.17, 15) is 13.2 Å². The summed E-state index contributed by atoms with van der Waals surface area (Å²) in [4.78, 5) is 16.3. The highest BCUT2D eigenvalue weighted by molar-refractivity contribution is 7.88. The molecule has 6 nitrogen and oxygen atoms in total. The number of likely N-dealkylation sites (tertiary alicyclic amines) is 1. The van der Waals surface area contributed by atoms with E-state index in [1.54, 1.807) is 0 Å². The maximum Gasteiger partial charge on any atom is 0.264 e. The van der Waals surface area contributed by atoms with Crippen LogP contribution in [0.3, 0.4) is 0 Å². The van der Waals surface area contributed by atoms with E-state index in [0.29, 0.717) is 32.5 Å². The number of aryl methyl sites for hydroxylation is 1. The van der Waals surface area contributed by atoms with E-state index in [1.807, 2.05) is 24.0 Å². The Labute approximate surface area is 140 Å². The first kappa shape index (κ1) is 16.9. The Balaban J connectivity index is 1.67. The summed E-state index contributed by atoms with van der Waals surface area (Å²) >= 11 is 1.50. The molecule has 0 saturated carbocycles. The minimum absolute atomic E-state index is 0.0433. The Morgan fingerprint density at radius 3 is 2.91 bits per heavy atom. The second-order valence-electron chi connectivity index (χ2n) is 6.50. The Bertz CT molecular complexity index is 700. The molecule has 2 fully saturated rings. The molecule has 8 heteroatoms. The molecular weight excluding hydrogens is 336 g/mol. The number of amides is 1. The summed E-state index contributed by atoms with van der Waals surface area (Å²) in [5, 5.41) is 0. The minimum Gasteiger partial charge on any atom is -0.373 e. The second kappa shape index (κ2) is 6.16. The Hall–Kier alpha value is -0.960. The highest BCUT2D eigenvalue weighted by Crippen LogP contribution is 2.35. The van der Waals surface area contributed by atoms with E-state index in [2.05, 4.69) is 4.72 Å². The van der Waals surface area contributed by atoms with Crippen LogP contribution < -0.4 is 4.72 Å². The van der Waals surface area contributed by atoms with E-state index in [0.717, 1.165) is 16.2 Å². The third kappa shape index (κ3) is 3.93. The van der Waals surface area contributed by atoms with Gasteiger partial charge in [0.2, 0.25) is 10.0 Å². The third-order valence-corrected chi connectivity index (χ3v) is 6.18. The van der Waals surface area contributed by atoms with Crippen LogP contribution in [0.5, 0.6) is 0 Å². The number of carbonyl (C=O) groups excluding carboxylic acids is 1. The lowest BCUT2D eigenvalue weighted by atomic mass is 9.90. The van der Waals surface area contributed by atoms with Crippen LogP contribution in [0.15, 0.2) is 12.1 Å². The van der Waals surface area contributed by atoms with Crippen LogP contribution in [0.4, 0.5) is 0 Å². The predicted molar refractivity (Wildman–Crippen MR) is 89.3 cm³/mol. The monoisotopic (exact) mass is 358 g/mol. The fraction of sp³-hybridized carbons (Fsp3) is 0.667. The summed E-state index contributed by atoms with van der Waals surface area (Å²) in [6, 6.07) is 3.70. The topological polar surface area (TPSA) is 75.7 Å². The van der Waals surface area contributed by atoms with E-state index in [-0.39, 0.29) is 11.9 Å². The number of sulfonamides is 1. The quantitative estimate of drug-likeness (QED) is 0.885. The SMILES string of the molecule is Cc1ccc(C(=O)N2CC[C@@]3(C[C@@H](NS(C)(=O)=O)CCO3)C2)s1. The van der Waals surface area contributed by atoms with Crippen LogP contribution in [0.25, 0.3) is 0 Å². The van der Waals surface area contributed by atoms with Gasteiger partial charge in [0, 0.05) is 24.1 Å². The molecule has 0 radical (unpaired) electrons. The summed E-state index contributed by atoms with van der Waals surface area (Å²) in [6.45, 7) is 3.69. The Morgan fingerprint density at radius 2 is 2.26 bits per heavy atom. The smallest absolute Gasteiger partial charge is 0.264 e. The molecule has 2 saturated heterocycles. The zero-order valence-corrected chi connectivity index (χ0v) is 15.0. The fourth-order valence-electron chi connectivity index (χ4n) is 3.44. The van der Waals surface area contributed by atoms with Gasteiger partial charge in [-0.25, -0.2) is 13.1 Å². The van der Waals surface area contributed by atoms with Gasteiger partial charge in [-0.2, -0.15) is 0 Å². The summed E-state index contributed by atoms with van der Waals surface area (Å²) in [7, 11) is -3.22. The van der Waals surface area contributed by atoms with Crippen LogP contribution >= 0.6 is 11.3 Å². The number of hydrogen-bond acceptors (Lipinski definition) is 5. The van der Waals surface area contributed by atoms with Gasteiger partial charge < -0.3 is 9.64 Å². The van der Waals surface area contributed by atoms with Crippen LogP contribution in [0.2, 0.25) is 0 Å². The molecule has 0 aliphatic carbocycles. The molecule has 2 aliphatic rings. The molecule has 2 atom stereocenters. The lowest BCUT2D eigenvalue weighted by Gasteiger charge is -2.38. The number of nitrogens with zero attached hydrogens (tertiary/aromatic N) is 1. The first-order valence-electron chi connectivity index (χ1n) is 7.73. The van der Waals surface area contributed by atoms with Gasteiger partial charge in [0.1, 0.15) is 0 Å².